The Hall–Kier alpha value is -3.61. The van der Waals surface area contributed by atoms with Crippen molar-refractivity contribution in [3.63, 3.8) is 0 Å². The van der Waals surface area contributed by atoms with Crippen LogP contribution in [0, 0.1) is 5.82 Å². The second-order valence-electron chi connectivity index (χ2n) is 7.31. The molecule has 30 heavy (non-hydrogen) atoms. The third-order valence-corrected chi connectivity index (χ3v) is 5.06. The van der Waals surface area contributed by atoms with Crippen LogP contribution in [0.15, 0.2) is 59.3 Å². The highest BCUT2D eigenvalue weighted by Crippen LogP contribution is 2.26. The smallest absolute Gasteiger partial charge is 0.290 e. The second-order valence-corrected chi connectivity index (χ2v) is 7.31. The maximum Gasteiger partial charge on any atom is 0.290 e. The van der Waals surface area contributed by atoms with Crippen LogP contribution in [0.5, 0.6) is 5.75 Å². The van der Waals surface area contributed by atoms with Crippen molar-refractivity contribution < 1.29 is 18.4 Å². The van der Waals surface area contributed by atoms with Crippen LogP contribution in [0.1, 0.15) is 23.0 Å². The van der Waals surface area contributed by atoms with Gasteiger partial charge in [0.25, 0.3) is 5.91 Å². The first-order valence-electron chi connectivity index (χ1n) is 9.60. The standard InChI is InChI=1S/C23H22FN3O3/c1-14(10-16-13-27(2)21-9-8-18(29-3)11-19(16)21)25-23(28)22-12-20(26-30-22)15-4-6-17(24)7-5-15/h4-9,11-14H,10H2,1-3H3,(H,25,28). The molecule has 4 rings (SSSR count). The third-order valence-electron chi connectivity index (χ3n) is 5.06. The van der Waals surface area contributed by atoms with Crippen LogP contribution in [0.4, 0.5) is 4.39 Å². The van der Waals surface area contributed by atoms with E-state index in [9.17, 15) is 9.18 Å². The molecule has 2 heterocycles. The summed E-state index contributed by atoms with van der Waals surface area (Å²) in [6, 6.07) is 13.2. The van der Waals surface area contributed by atoms with Gasteiger partial charge >= 0.3 is 0 Å². The van der Waals surface area contributed by atoms with Gasteiger partial charge < -0.3 is 19.1 Å². The molecule has 2 aromatic heterocycles. The molecule has 7 heteroatoms. The van der Waals surface area contributed by atoms with E-state index in [1.54, 1.807) is 25.3 Å². The number of rotatable bonds is 6. The zero-order valence-corrected chi connectivity index (χ0v) is 17.0. The monoisotopic (exact) mass is 407 g/mol. The predicted octanol–water partition coefficient (Wildman–Crippen LogP) is 4.34. The lowest BCUT2D eigenvalue weighted by atomic mass is 10.1. The van der Waals surface area contributed by atoms with E-state index in [4.69, 9.17) is 9.26 Å². The van der Waals surface area contributed by atoms with Crippen molar-refractivity contribution in [1.82, 2.24) is 15.0 Å². The van der Waals surface area contributed by atoms with Gasteiger partial charge in [0.1, 0.15) is 17.3 Å². The molecule has 1 unspecified atom stereocenters. The minimum Gasteiger partial charge on any atom is -0.497 e. The lowest BCUT2D eigenvalue weighted by Gasteiger charge is -2.12. The number of aromatic nitrogens is 2. The van der Waals surface area contributed by atoms with Gasteiger partial charge in [0.2, 0.25) is 5.76 Å². The Morgan fingerprint density at radius 1 is 1.23 bits per heavy atom. The van der Waals surface area contributed by atoms with Gasteiger partial charge in [0, 0.05) is 41.8 Å². The van der Waals surface area contributed by atoms with E-state index < -0.39 is 0 Å². The topological polar surface area (TPSA) is 69.3 Å². The lowest BCUT2D eigenvalue weighted by Crippen LogP contribution is -2.33. The van der Waals surface area contributed by atoms with Crippen molar-refractivity contribution in [2.45, 2.75) is 19.4 Å². The Labute approximate surface area is 173 Å². The van der Waals surface area contributed by atoms with Crippen molar-refractivity contribution in [1.29, 1.82) is 0 Å². The predicted molar refractivity (Wildman–Crippen MR) is 112 cm³/mol. The molecule has 0 saturated carbocycles. The van der Waals surface area contributed by atoms with Crippen LogP contribution in [0.25, 0.3) is 22.2 Å². The quantitative estimate of drug-likeness (QED) is 0.516. The number of carbonyl (C=O) groups is 1. The van der Waals surface area contributed by atoms with Crippen LogP contribution >= 0.6 is 0 Å². The largest absolute Gasteiger partial charge is 0.497 e. The van der Waals surface area contributed by atoms with Gasteiger partial charge in [0.15, 0.2) is 0 Å². The van der Waals surface area contributed by atoms with E-state index in [0.29, 0.717) is 17.7 Å². The van der Waals surface area contributed by atoms with E-state index >= 15 is 0 Å². The summed E-state index contributed by atoms with van der Waals surface area (Å²) in [6.07, 6.45) is 2.71. The van der Waals surface area contributed by atoms with E-state index in [1.807, 2.05) is 32.2 Å². The first-order chi connectivity index (χ1) is 14.4. The normalized spacial score (nSPS) is 12.1. The number of aryl methyl sites for hydroxylation is 1. The summed E-state index contributed by atoms with van der Waals surface area (Å²) in [4.78, 5) is 12.6. The fourth-order valence-electron chi connectivity index (χ4n) is 3.56. The molecule has 0 aliphatic carbocycles. The number of methoxy groups -OCH3 is 1. The molecule has 1 N–H and O–H groups in total. The van der Waals surface area contributed by atoms with Crippen molar-refractivity contribution >= 4 is 16.8 Å². The summed E-state index contributed by atoms with van der Waals surface area (Å²) in [5, 5.41) is 7.96. The van der Waals surface area contributed by atoms with E-state index in [0.717, 1.165) is 22.2 Å². The van der Waals surface area contributed by atoms with Gasteiger partial charge in [-0.1, -0.05) is 5.16 Å². The number of nitrogens with zero attached hydrogens (tertiary/aromatic N) is 2. The van der Waals surface area contributed by atoms with E-state index in [2.05, 4.69) is 21.2 Å². The van der Waals surface area contributed by atoms with E-state index in [1.165, 1.54) is 12.1 Å². The zero-order chi connectivity index (χ0) is 21.3. The number of hydrogen-bond acceptors (Lipinski definition) is 4. The summed E-state index contributed by atoms with van der Waals surface area (Å²) < 4.78 is 25.7. The number of benzene rings is 2. The lowest BCUT2D eigenvalue weighted by molar-refractivity contribution is 0.0903. The molecule has 0 fully saturated rings. The average Bonchev–Trinajstić information content (AvgIpc) is 3.34. The fraction of sp³-hybridized carbons (Fsp3) is 0.217. The van der Waals surface area contributed by atoms with Crippen LogP contribution in [0.3, 0.4) is 0 Å². The molecule has 0 aliphatic rings. The molecule has 0 radical (unpaired) electrons. The maximum absolute atomic E-state index is 13.1. The summed E-state index contributed by atoms with van der Waals surface area (Å²) in [6.45, 7) is 1.94. The van der Waals surface area contributed by atoms with Gasteiger partial charge in [-0.05, 0) is 61.4 Å². The molecule has 2 aromatic carbocycles. The first kappa shape index (κ1) is 19.7. The molecule has 0 spiro atoms. The number of amides is 1. The molecule has 0 bridgehead atoms. The Balaban J connectivity index is 1.47. The number of fused-ring (bicyclic) bond motifs is 1. The van der Waals surface area contributed by atoms with Crippen LogP contribution in [-0.2, 0) is 13.5 Å². The third kappa shape index (κ3) is 3.91. The molecule has 4 aromatic rings. The Bertz CT molecular complexity index is 1190. The highest BCUT2D eigenvalue weighted by Gasteiger charge is 2.18. The molecule has 0 aliphatic heterocycles. The van der Waals surface area contributed by atoms with Crippen LogP contribution in [0.2, 0.25) is 0 Å². The zero-order valence-electron chi connectivity index (χ0n) is 17.0. The number of hydrogen-bond donors (Lipinski definition) is 1. The summed E-state index contributed by atoms with van der Waals surface area (Å²) in [5.74, 6) is 0.226. The van der Waals surface area contributed by atoms with Gasteiger partial charge in [-0.25, -0.2) is 4.39 Å². The maximum atomic E-state index is 13.1. The number of nitrogens with one attached hydrogen (secondary N) is 1. The first-order valence-corrected chi connectivity index (χ1v) is 9.60. The molecule has 154 valence electrons. The highest BCUT2D eigenvalue weighted by atomic mass is 19.1. The van der Waals surface area contributed by atoms with Crippen molar-refractivity contribution in [3.05, 3.63) is 71.9 Å². The molecule has 6 nitrogen and oxygen atoms in total. The van der Waals surface area contributed by atoms with Crippen molar-refractivity contribution in [2.24, 2.45) is 7.05 Å². The minimum atomic E-state index is -0.346. The Kier molecular flexibility index (Phi) is 5.27. The number of carbonyl (C=O) groups excluding carboxylic acids is 1. The number of ether oxygens (including phenoxy) is 1. The van der Waals surface area contributed by atoms with Crippen molar-refractivity contribution in [3.8, 4) is 17.0 Å². The Morgan fingerprint density at radius 2 is 2.00 bits per heavy atom. The van der Waals surface area contributed by atoms with Crippen molar-refractivity contribution in [2.75, 3.05) is 7.11 Å². The highest BCUT2D eigenvalue weighted by molar-refractivity contribution is 5.92. The second kappa shape index (κ2) is 8.02. The molecule has 0 saturated heterocycles. The van der Waals surface area contributed by atoms with Gasteiger partial charge in [-0.15, -0.1) is 0 Å². The number of halogens is 1. The molecular weight excluding hydrogens is 385 g/mol. The van der Waals surface area contributed by atoms with Gasteiger partial charge in [-0.3, -0.25) is 4.79 Å². The van der Waals surface area contributed by atoms with Crippen LogP contribution < -0.4 is 10.1 Å². The van der Waals surface area contributed by atoms with Crippen LogP contribution in [-0.4, -0.2) is 28.8 Å². The molecular formula is C23H22FN3O3. The minimum absolute atomic E-state index is 0.112. The summed E-state index contributed by atoms with van der Waals surface area (Å²) >= 11 is 0. The Morgan fingerprint density at radius 3 is 2.73 bits per heavy atom. The fourth-order valence-corrected chi connectivity index (χ4v) is 3.56. The molecule has 1 atom stereocenters. The SMILES string of the molecule is COc1ccc2c(c1)c(CC(C)NC(=O)c1cc(-c3ccc(F)cc3)no1)cn2C. The van der Waals surface area contributed by atoms with E-state index in [-0.39, 0.29) is 23.5 Å². The molecule has 1 amide bonds. The van der Waals surface area contributed by atoms with Gasteiger partial charge in [0.05, 0.1) is 7.11 Å². The summed E-state index contributed by atoms with van der Waals surface area (Å²) in [5.41, 5.74) is 3.37. The van der Waals surface area contributed by atoms with Gasteiger partial charge in [-0.2, -0.15) is 0 Å². The summed E-state index contributed by atoms with van der Waals surface area (Å²) in [7, 11) is 3.64. The average molecular weight is 407 g/mol.